The molecule has 0 saturated heterocycles. The number of rotatable bonds is 4. The molecule has 5 heteroatoms. The van der Waals surface area contributed by atoms with Crippen molar-refractivity contribution >= 4 is 17.0 Å². The molecule has 0 fully saturated rings. The van der Waals surface area contributed by atoms with Crippen LogP contribution in [0.5, 0.6) is 0 Å². The van der Waals surface area contributed by atoms with Gasteiger partial charge in [0.15, 0.2) is 11.5 Å². The van der Waals surface area contributed by atoms with Crippen molar-refractivity contribution in [2.75, 3.05) is 5.73 Å². The summed E-state index contributed by atoms with van der Waals surface area (Å²) in [7, 11) is 0. The summed E-state index contributed by atoms with van der Waals surface area (Å²) in [4.78, 5) is 12.3. The van der Waals surface area contributed by atoms with E-state index in [0.717, 1.165) is 18.6 Å². The Kier molecular flexibility index (Phi) is 5.39. The van der Waals surface area contributed by atoms with E-state index in [2.05, 4.69) is 21.9 Å². The highest BCUT2D eigenvalue weighted by Gasteiger charge is 2.06. The number of imidazole rings is 1. The fraction of sp³-hybridized carbons (Fsp3) is 0.583. The minimum Gasteiger partial charge on any atom is -0.382 e. The van der Waals surface area contributed by atoms with E-state index >= 15 is 0 Å². The van der Waals surface area contributed by atoms with E-state index in [4.69, 9.17) is 5.73 Å². The van der Waals surface area contributed by atoms with Crippen LogP contribution in [0.25, 0.3) is 11.2 Å². The van der Waals surface area contributed by atoms with Gasteiger partial charge in [-0.25, -0.2) is 15.0 Å². The summed E-state index contributed by atoms with van der Waals surface area (Å²) in [6.07, 6.45) is 6.84. The van der Waals surface area contributed by atoms with Crippen molar-refractivity contribution in [2.24, 2.45) is 0 Å². The van der Waals surface area contributed by atoms with E-state index in [1.54, 1.807) is 6.33 Å². The molecule has 94 valence electrons. The van der Waals surface area contributed by atoms with Gasteiger partial charge in [-0.3, -0.25) is 0 Å². The van der Waals surface area contributed by atoms with Crippen LogP contribution in [0.3, 0.4) is 0 Å². The Hall–Kier alpha value is -1.65. The number of nitrogens with zero attached hydrogens (tertiary/aromatic N) is 4. The van der Waals surface area contributed by atoms with Gasteiger partial charge < -0.3 is 10.3 Å². The molecule has 0 spiro atoms. The van der Waals surface area contributed by atoms with Crippen molar-refractivity contribution in [1.29, 1.82) is 0 Å². The number of aromatic nitrogens is 4. The maximum absolute atomic E-state index is 5.70. The van der Waals surface area contributed by atoms with Crippen molar-refractivity contribution in [2.45, 2.75) is 46.6 Å². The van der Waals surface area contributed by atoms with E-state index in [0.29, 0.717) is 11.3 Å². The zero-order chi connectivity index (χ0) is 12.7. The Morgan fingerprint density at radius 1 is 1.18 bits per heavy atom. The highest BCUT2D eigenvalue weighted by Crippen LogP contribution is 2.14. The Bertz CT molecular complexity index is 449. The molecule has 0 aromatic carbocycles. The van der Waals surface area contributed by atoms with Crippen LogP contribution in [0, 0.1) is 0 Å². The summed E-state index contributed by atoms with van der Waals surface area (Å²) < 4.78 is 2.03. The third-order valence-electron chi connectivity index (χ3n) is 2.43. The van der Waals surface area contributed by atoms with Gasteiger partial charge in [-0.15, -0.1) is 0 Å². The predicted octanol–water partition coefficient (Wildman–Crippen LogP) is 2.62. The first-order valence-electron chi connectivity index (χ1n) is 6.24. The molecule has 2 rings (SSSR count). The SMILES string of the molecule is CC.CCCCCn1cnc2c(N)ncnc21. The highest BCUT2D eigenvalue weighted by atomic mass is 15.1. The van der Waals surface area contributed by atoms with Gasteiger partial charge in [0.25, 0.3) is 0 Å². The number of hydrogen-bond acceptors (Lipinski definition) is 4. The minimum atomic E-state index is 0.453. The number of unbranched alkanes of at least 4 members (excludes halogenated alkanes) is 2. The molecule has 0 bridgehead atoms. The summed E-state index contributed by atoms with van der Waals surface area (Å²) in [6, 6.07) is 0. The number of nitrogens with two attached hydrogens (primary N) is 1. The number of aryl methyl sites for hydroxylation is 1. The molecule has 0 saturated carbocycles. The molecular formula is C12H21N5. The molecule has 0 radical (unpaired) electrons. The first kappa shape index (κ1) is 13.4. The van der Waals surface area contributed by atoms with Crippen LogP contribution < -0.4 is 5.73 Å². The molecule has 0 amide bonds. The van der Waals surface area contributed by atoms with Crippen LogP contribution in [-0.2, 0) is 6.54 Å². The summed E-state index contributed by atoms with van der Waals surface area (Å²) >= 11 is 0. The maximum Gasteiger partial charge on any atom is 0.165 e. The number of fused-ring (bicyclic) bond motifs is 1. The van der Waals surface area contributed by atoms with E-state index in [1.165, 1.54) is 19.2 Å². The molecule has 2 heterocycles. The quantitative estimate of drug-likeness (QED) is 0.827. The minimum absolute atomic E-state index is 0.453. The van der Waals surface area contributed by atoms with E-state index < -0.39 is 0 Å². The zero-order valence-electron chi connectivity index (χ0n) is 10.8. The lowest BCUT2D eigenvalue weighted by Gasteiger charge is -2.02. The smallest absolute Gasteiger partial charge is 0.165 e. The second-order valence-electron chi connectivity index (χ2n) is 3.58. The monoisotopic (exact) mass is 235 g/mol. The molecule has 5 nitrogen and oxygen atoms in total. The topological polar surface area (TPSA) is 69.6 Å². The zero-order valence-corrected chi connectivity index (χ0v) is 10.8. The summed E-state index contributed by atoms with van der Waals surface area (Å²) in [5, 5.41) is 0. The molecule has 2 N–H and O–H groups in total. The van der Waals surface area contributed by atoms with Gasteiger partial charge in [0, 0.05) is 6.54 Å². The summed E-state index contributed by atoms with van der Waals surface area (Å²) in [5.74, 6) is 0.453. The Labute approximate surface area is 102 Å². The molecule has 2 aromatic heterocycles. The number of nitrogen functional groups attached to an aromatic ring is 1. The maximum atomic E-state index is 5.70. The van der Waals surface area contributed by atoms with Gasteiger partial charge in [-0.1, -0.05) is 33.6 Å². The van der Waals surface area contributed by atoms with E-state index in [9.17, 15) is 0 Å². The van der Waals surface area contributed by atoms with Gasteiger partial charge in [-0.05, 0) is 6.42 Å². The normalized spacial score (nSPS) is 10.1. The lowest BCUT2D eigenvalue weighted by atomic mass is 10.2. The van der Waals surface area contributed by atoms with E-state index in [-0.39, 0.29) is 0 Å². The molecule has 0 aliphatic carbocycles. The fourth-order valence-electron chi connectivity index (χ4n) is 1.59. The van der Waals surface area contributed by atoms with Crippen molar-refractivity contribution in [3.05, 3.63) is 12.7 Å². The summed E-state index contributed by atoms with van der Waals surface area (Å²) in [6.45, 7) is 7.13. The molecular weight excluding hydrogens is 214 g/mol. The van der Waals surface area contributed by atoms with Gasteiger partial charge in [0.05, 0.1) is 6.33 Å². The predicted molar refractivity (Wildman–Crippen MR) is 70.6 cm³/mol. The molecule has 0 unspecified atom stereocenters. The molecule has 0 atom stereocenters. The van der Waals surface area contributed by atoms with Crippen LogP contribution in [0.15, 0.2) is 12.7 Å². The van der Waals surface area contributed by atoms with Crippen molar-refractivity contribution in [3.8, 4) is 0 Å². The van der Waals surface area contributed by atoms with Crippen LogP contribution in [-0.4, -0.2) is 19.5 Å². The lowest BCUT2D eigenvalue weighted by molar-refractivity contribution is 0.610. The molecule has 0 aliphatic rings. The largest absolute Gasteiger partial charge is 0.382 e. The van der Waals surface area contributed by atoms with Crippen LogP contribution in [0.1, 0.15) is 40.0 Å². The lowest BCUT2D eigenvalue weighted by Crippen LogP contribution is -1.99. The highest BCUT2D eigenvalue weighted by molar-refractivity contribution is 5.80. The second-order valence-corrected chi connectivity index (χ2v) is 3.58. The van der Waals surface area contributed by atoms with Gasteiger partial charge >= 0.3 is 0 Å². The standard InChI is InChI=1S/C10H15N5.C2H6/c1-2-3-4-5-15-7-14-8-9(11)12-6-13-10(8)15;1-2/h6-7H,2-5H2,1H3,(H2,11,12,13);1-2H3. The first-order chi connectivity index (χ1) is 8.33. The fourth-order valence-corrected chi connectivity index (χ4v) is 1.59. The third kappa shape index (κ3) is 3.15. The summed E-state index contributed by atoms with van der Waals surface area (Å²) in [5.41, 5.74) is 7.23. The molecule has 0 aliphatic heterocycles. The molecule has 2 aromatic rings. The molecule has 17 heavy (non-hydrogen) atoms. The third-order valence-corrected chi connectivity index (χ3v) is 2.43. The Balaban J connectivity index is 0.000000686. The average molecular weight is 235 g/mol. The van der Waals surface area contributed by atoms with Crippen LogP contribution in [0.2, 0.25) is 0 Å². The Morgan fingerprint density at radius 2 is 1.94 bits per heavy atom. The Morgan fingerprint density at radius 3 is 2.65 bits per heavy atom. The van der Waals surface area contributed by atoms with Crippen molar-refractivity contribution in [3.63, 3.8) is 0 Å². The van der Waals surface area contributed by atoms with Gasteiger partial charge in [0.2, 0.25) is 0 Å². The van der Waals surface area contributed by atoms with Crippen molar-refractivity contribution < 1.29 is 0 Å². The van der Waals surface area contributed by atoms with Crippen molar-refractivity contribution in [1.82, 2.24) is 19.5 Å². The van der Waals surface area contributed by atoms with Gasteiger partial charge in [0.1, 0.15) is 11.8 Å². The number of hydrogen-bond donors (Lipinski definition) is 1. The second kappa shape index (κ2) is 6.83. The number of anilines is 1. The van der Waals surface area contributed by atoms with Crippen LogP contribution >= 0.6 is 0 Å². The van der Waals surface area contributed by atoms with E-state index in [1.807, 2.05) is 18.4 Å². The van der Waals surface area contributed by atoms with Gasteiger partial charge in [-0.2, -0.15) is 0 Å². The van der Waals surface area contributed by atoms with Crippen LogP contribution in [0.4, 0.5) is 5.82 Å². The first-order valence-corrected chi connectivity index (χ1v) is 6.24. The average Bonchev–Trinajstić information content (AvgIpc) is 2.77.